The first-order chi connectivity index (χ1) is 11.5. The van der Waals surface area contributed by atoms with Crippen LogP contribution < -0.4 is 11.1 Å². The Balaban J connectivity index is 0.00000576. The molecule has 7 heteroatoms. The van der Waals surface area contributed by atoms with Gasteiger partial charge in [-0.25, -0.2) is 0 Å². The molecule has 0 bridgehead atoms. The Kier molecular flexibility index (Phi) is 13.3. The second kappa shape index (κ2) is 13.6. The van der Waals surface area contributed by atoms with Crippen molar-refractivity contribution in [3.05, 3.63) is 0 Å². The van der Waals surface area contributed by atoms with Gasteiger partial charge in [0.25, 0.3) is 0 Å². The molecule has 0 saturated carbocycles. The molecule has 0 aromatic carbocycles. The second-order valence-electron chi connectivity index (χ2n) is 7.33. The van der Waals surface area contributed by atoms with E-state index in [-0.39, 0.29) is 36.5 Å². The fourth-order valence-corrected chi connectivity index (χ4v) is 3.48. The maximum absolute atomic E-state index is 11.2. The highest BCUT2D eigenvalue weighted by atomic mass is 127. The molecule has 1 aliphatic rings. The van der Waals surface area contributed by atoms with E-state index in [0.717, 1.165) is 57.8 Å². The second-order valence-corrected chi connectivity index (χ2v) is 7.33. The number of likely N-dealkylation sites (tertiary alicyclic amines) is 1. The maximum atomic E-state index is 11.2. The molecule has 0 spiro atoms. The fourth-order valence-electron chi connectivity index (χ4n) is 3.48. The number of aliphatic imine (C=N–C) groups is 1. The predicted molar refractivity (Wildman–Crippen MR) is 114 cm³/mol. The van der Waals surface area contributed by atoms with Crippen LogP contribution in [0.5, 0.6) is 0 Å². The van der Waals surface area contributed by atoms with Crippen LogP contribution in [-0.4, -0.2) is 54.7 Å². The first-order valence-electron chi connectivity index (χ1n) is 9.38. The van der Waals surface area contributed by atoms with Gasteiger partial charge < -0.3 is 21.1 Å². The summed E-state index contributed by atoms with van der Waals surface area (Å²) in [5.41, 5.74) is 5.35. The lowest BCUT2D eigenvalue weighted by atomic mass is 9.94. The van der Waals surface area contributed by atoms with Crippen molar-refractivity contribution in [1.82, 2.24) is 10.2 Å². The summed E-state index contributed by atoms with van der Waals surface area (Å²) in [5.74, 6) is 2.05. The minimum atomic E-state index is -0.219. The van der Waals surface area contributed by atoms with E-state index in [1.807, 2.05) is 0 Å². The SMILES string of the molecule is CCNC(=NCC(CCO)CC(C)C)N1CCCC(CC(N)=O)C1.I. The quantitative estimate of drug-likeness (QED) is 0.275. The topological polar surface area (TPSA) is 91.0 Å². The maximum Gasteiger partial charge on any atom is 0.217 e. The summed E-state index contributed by atoms with van der Waals surface area (Å²) < 4.78 is 0. The minimum absolute atomic E-state index is 0. The van der Waals surface area contributed by atoms with Gasteiger partial charge in [-0.05, 0) is 50.4 Å². The summed E-state index contributed by atoms with van der Waals surface area (Å²) in [6.07, 6.45) is 4.45. The molecule has 1 amide bonds. The van der Waals surface area contributed by atoms with Gasteiger partial charge in [-0.1, -0.05) is 13.8 Å². The number of nitrogens with one attached hydrogen (secondary N) is 1. The third-order valence-corrected chi connectivity index (χ3v) is 4.48. The number of nitrogens with zero attached hydrogens (tertiary/aromatic N) is 2. The molecule has 0 radical (unpaired) electrons. The number of hydrogen-bond acceptors (Lipinski definition) is 3. The van der Waals surface area contributed by atoms with E-state index in [4.69, 9.17) is 10.7 Å². The zero-order valence-electron chi connectivity index (χ0n) is 16.0. The van der Waals surface area contributed by atoms with Gasteiger partial charge in [0.15, 0.2) is 5.96 Å². The molecule has 148 valence electrons. The van der Waals surface area contributed by atoms with E-state index in [1.54, 1.807) is 0 Å². The molecule has 1 rings (SSSR count). The van der Waals surface area contributed by atoms with Crippen LogP contribution in [0.15, 0.2) is 4.99 Å². The first-order valence-corrected chi connectivity index (χ1v) is 9.38. The zero-order valence-corrected chi connectivity index (χ0v) is 18.4. The Bertz CT molecular complexity index is 405. The number of aliphatic hydroxyl groups excluding tert-OH is 1. The van der Waals surface area contributed by atoms with Crippen LogP contribution >= 0.6 is 24.0 Å². The van der Waals surface area contributed by atoms with Crippen LogP contribution in [0.3, 0.4) is 0 Å². The lowest BCUT2D eigenvalue weighted by molar-refractivity contribution is -0.119. The number of amides is 1. The van der Waals surface area contributed by atoms with Gasteiger partial charge in [0.05, 0.1) is 0 Å². The number of halogens is 1. The Morgan fingerprint density at radius 3 is 2.72 bits per heavy atom. The van der Waals surface area contributed by atoms with Crippen LogP contribution in [0, 0.1) is 17.8 Å². The predicted octanol–water partition coefficient (Wildman–Crippen LogP) is 2.20. The summed E-state index contributed by atoms with van der Waals surface area (Å²) in [7, 11) is 0. The van der Waals surface area contributed by atoms with Crippen molar-refractivity contribution in [3.63, 3.8) is 0 Å². The molecule has 1 fully saturated rings. The highest BCUT2D eigenvalue weighted by Crippen LogP contribution is 2.20. The van der Waals surface area contributed by atoms with Gasteiger partial charge in [0.1, 0.15) is 0 Å². The van der Waals surface area contributed by atoms with Crippen molar-refractivity contribution in [2.24, 2.45) is 28.5 Å². The monoisotopic (exact) mass is 468 g/mol. The van der Waals surface area contributed by atoms with Crippen molar-refractivity contribution in [2.75, 3.05) is 32.8 Å². The molecule has 2 atom stereocenters. The van der Waals surface area contributed by atoms with Gasteiger partial charge in [0, 0.05) is 39.2 Å². The first kappa shape index (κ1) is 24.4. The van der Waals surface area contributed by atoms with Crippen molar-refractivity contribution in [2.45, 2.75) is 52.9 Å². The van der Waals surface area contributed by atoms with Crippen molar-refractivity contribution in [1.29, 1.82) is 0 Å². The van der Waals surface area contributed by atoms with Gasteiger partial charge in [-0.15, -0.1) is 24.0 Å². The van der Waals surface area contributed by atoms with Gasteiger partial charge in [0.2, 0.25) is 5.91 Å². The lowest BCUT2D eigenvalue weighted by Gasteiger charge is -2.35. The standard InChI is InChI=1S/C18H36N4O2.HI/c1-4-20-18(21-12-15(7-9-23)10-14(2)3)22-8-5-6-16(13-22)11-17(19)24;/h14-16,23H,4-13H2,1-3H3,(H2,19,24)(H,20,21);1H. The van der Waals surface area contributed by atoms with Crippen molar-refractivity contribution in [3.8, 4) is 0 Å². The number of primary amides is 1. The van der Waals surface area contributed by atoms with Crippen LogP contribution in [0.1, 0.15) is 52.9 Å². The molecule has 0 aromatic heterocycles. The summed E-state index contributed by atoms with van der Waals surface area (Å²) in [6, 6.07) is 0. The molecule has 0 aromatic rings. The number of carbonyl (C=O) groups is 1. The van der Waals surface area contributed by atoms with Crippen molar-refractivity contribution < 1.29 is 9.90 Å². The van der Waals surface area contributed by atoms with Gasteiger partial charge in [-0.3, -0.25) is 9.79 Å². The number of nitrogens with two attached hydrogens (primary N) is 1. The molecule has 2 unspecified atom stereocenters. The van der Waals surface area contributed by atoms with Crippen molar-refractivity contribution >= 4 is 35.8 Å². The molecule has 1 saturated heterocycles. The summed E-state index contributed by atoms with van der Waals surface area (Å²) >= 11 is 0. The number of carbonyl (C=O) groups excluding carboxylic acids is 1. The third-order valence-electron chi connectivity index (χ3n) is 4.48. The number of aliphatic hydroxyl groups is 1. The van der Waals surface area contributed by atoms with E-state index in [1.165, 1.54) is 0 Å². The lowest BCUT2D eigenvalue weighted by Crippen LogP contribution is -2.47. The largest absolute Gasteiger partial charge is 0.396 e. The molecule has 25 heavy (non-hydrogen) atoms. The highest BCUT2D eigenvalue weighted by Gasteiger charge is 2.23. The molecule has 6 nitrogen and oxygen atoms in total. The number of hydrogen-bond donors (Lipinski definition) is 3. The van der Waals surface area contributed by atoms with Crippen LogP contribution in [0.25, 0.3) is 0 Å². The molecular weight excluding hydrogens is 431 g/mol. The number of piperidine rings is 1. The van der Waals surface area contributed by atoms with Gasteiger partial charge in [-0.2, -0.15) is 0 Å². The zero-order chi connectivity index (χ0) is 17.9. The van der Waals surface area contributed by atoms with Crippen LogP contribution in [-0.2, 0) is 4.79 Å². The molecular formula is C18H37IN4O2. The van der Waals surface area contributed by atoms with E-state index in [9.17, 15) is 9.90 Å². The molecule has 1 heterocycles. The Morgan fingerprint density at radius 2 is 2.16 bits per heavy atom. The van der Waals surface area contributed by atoms with Crippen LogP contribution in [0.2, 0.25) is 0 Å². The normalized spacial score (nSPS) is 19.5. The fraction of sp³-hybridized carbons (Fsp3) is 0.889. The molecule has 1 aliphatic heterocycles. The van der Waals surface area contributed by atoms with E-state index >= 15 is 0 Å². The average Bonchev–Trinajstić information content (AvgIpc) is 2.50. The number of guanidine groups is 1. The third kappa shape index (κ3) is 10.2. The smallest absolute Gasteiger partial charge is 0.217 e. The average molecular weight is 468 g/mol. The Morgan fingerprint density at radius 1 is 1.44 bits per heavy atom. The summed E-state index contributed by atoms with van der Waals surface area (Å²) in [4.78, 5) is 18.3. The van der Waals surface area contributed by atoms with E-state index < -0.39 is 0 Å². The summed E-state index contributed by atoms with van der Waals surface area (Å²) in [5, 5.41) is 12.6. The Hall–Kier alpha value is -0.570. The Labute approximate surface area is 170 Å². The molecule has 4 N–H and O–H groups in total. The highest BCUT2D eigenvalue weighted by molar-refractivity contribution is 14.0. The van der Waals surface area contributed by atoms with E-state index in [2.05, 4.69) is 31.0 Å². The number of rotatable bonds is 9. The van der Waals surface area contributed by atoms with E-state index in [0.29, 0.717) is 24.2 Å². The van der Waals surface area contributed by atoms with Crippen LogP contribution in [0.4, 0.5) is 0 Å². The summed E-state index contributed by atoms with van der Waals surface area (Å²) in [6.45, 7) is 10.1. The molecule has 0 aliphatic carbocycles. The van der Waals surface area contributed by atoms with Gasteiger partial charge >= 0.3 is 0 Å². The minimum Gasteiger partial charge on any atom is -0.396 e.